The van der Waals surface area contributed by atoms with Gasteiger partial charge in [-0.25, -0.2) is 4.39 Å². The Morgan fingerprint density at radius 2 is 2.00 bits per heavy atom. The Labute approximate surface area is 197 Å². The van der Waals surface area contributed by atoms with Crippen molar-refractivity contribution in [1.82, 2.24) is 20.1 Å². The van der Waals surface area contributed by atoms with Gasteiger partial charge in [0.05, 0.1) is 6.61 Å². The van der Waals surface area contributed by atoms with Crippen LogP contribution in [0.25, 0.3) is 11.4 Å². The molecule has 0 radical (unpaired) electrons. The Morgan fingerprint density at radius 1 is 1.24 bits per heavy atom. The average Bonchev–Trinajstić information content (AvgIpc) is 3.44. The topological polar surface area (TPSA) is 75.2 Å². The lowest BCUT2D eigenvalue weighted by Gasteiger charge is -2.19. The molecule has 1 unspecified atom stereocenters. The van der Waals surface area contributed by atoms with Crippen molar-refractivity contribution in [2.75, 3.05) is 31.1 Å². The van der Waals surface area contributed by atoms with Crippen LogP contribution in [0.15, 0.2) is 48.5 Å². The van der Waals surface area contributed by atoms with Crippen LogP contribution in [0.2, 0.25) is 0 Å². The van der Waals surface area contributed by atoms with Gasteiger partial charge >= 0.3 is 0 Å². The van der Waals surface area contributed by atoms with Crippen LogP contribution >= 0.6 is 12.2 Å². The molecule has 1 aliphatic rings. The summed E-state index contributed by atoms with van der Waals surface area (Å²) in [5.41, 5.74) is 1.92. The second kappa shape index (κ2) is 10.6. The molecule has 9 heteroatoms. The van der Waals surface area contributed by atoms with Crippen LogP contribution in [0, 0.1) is 16.5 Å². The van der Waals surface area contributed by atoms with E-state index in [1.165, 1.54) is 12.1 Å². The van der Waals surface area contributed by atoms with Crippen LogP contribution in [-0.2, 0) is 11.3 Å². The van der Waals surface area contributed by atoms with E-state index >= 15 is 0 Å². The van der Waals surface area contributed by atoms with Crippen molar-refractivity contribution < 1.29 is 13.9 Å². The summed E-state index contributed by atoms with van der Waals surface area (Å²) in [6.07, 6.45) is 1.30. The third-order valence-electron chi connectivity index (χ3n) is 5.81. The standard InChI is InChI=1S/C24H28FN5O2S/c1-2-32-21-9-3-18(4-10-21)23-27-28-24(33)30(23)14-12-22(31)26-15-17-11-13-29(16-17)20-7-5-19(25)6-8-20/h3-10,17H,2,11-16H2,1H3,(H,26,31)(H,28,33). The number of hydrogen-bond donors (Lipinski definition) is 2. The third-order valence-corrected chi connectivity index (χ3v) is 6.12. The lowest BCUT2D eigenvalue weighted by molar-refractivity contribution is -0.121. The highest BCUT2D eigenvalue weighted by molar-refractivity contribution is 7.71. The zero-order chi connectivity index (χ0) is 23.2. The molecular weight excluding hydrogens is 441 g/mol. The number of carbonyl (C=O) groups excluding carboxylic acids is 1. The molecule has 174 valence electrons. The highest BCUT2D eigenvalue weighted by atomic mass is 32.1. The molecule has 0 saturated carbocycles. The molecule has 1 saturated heterocycles. The van der Waals surface area contributed by atoms with Crippen LogP contribution in [0.4, 0.5) is 10.1 Å². The summed E-state index contributed by atoms with van der Waals surface area (Å²) < 4.78 is 21.0. The quantitative estimate of drug-likeness (QED) is 0.460. The third kappa shape index (κ3) is 5.78. The van der Waals surface area contributed by atoms with E-state index in [0.29, 0.717) is 42.6 Å². The first kappa shape index (κ1) is 23.0. The molecule has 1 amide bonds. The second-order valence-electron chi connectivity index (χ2n) is 8.09. The van der Waals surface area contributed by atoms with Gasteiger partial charge in [0.2, 0.25) is 5.91 Å². The molecule has 1 fully saturated rings. The molecule has 33 heavy (non-hydrogen) atoms. The number of halogens is 1. The van der Waals surface area contributed by atoms with E-state index in [9.17, 15) is 9.18 Å². The summed E-state index contributed by atoms with van der Waals surface area (Å²) in [6, 6.07) is 14.2. The number of ether oxygens (including phenoxy) is 1. The molecule has 0 bridgehead atoms. The maximum absolute atomic E-state index is 13.1. The van der Waals surface area contributed by atoms with Crippen molar-refractivity contribution in [1.29, 1.82) is 0 Å². The first-order valence-electron chi connectivity index (χ1n) is 11.2. The van der Waals surface area contributed by atoms with Crippen LogP contribution in [-0.4, -0.2) is 46.9 Å². The van der Waals surface area contributed by atoms with Crippen molar-refractivity contribution in [3.05, 3.63) is 59.1 Å². The molecule has 1 aromatic heterocycles. The molecule has 0 aliphatic carbocycles. The normalized spacial score (nSPS) is 15.6. The first-order valence-corrected chi connectivity index (χ1v) is 11.6. The summed E-state index contributed by atoms with van der Waals surface area (Å²) in [6.45, 7) is 5.37. The number of aromatic nitrogens is 3. The Kier molecular flexibility index (Phi) is 7.39. The number of carbonyl (C=O) groups is 1. The molecule has 7 nitrogen and oxygen atoms in total. The predicted octanol–water partition coefficient (Wildman–Crippen LogP) is 4.18. The van der Waals surface area contributed by atoms with Crippen molar-refractivity contribution in [2.45, 2.75) is 26.3 Å². The number of aromatic amines is 1. The number of nitrogens with zero attached hydrogens (tertiary/aromatic N) is 3. The van der Waals surface area contributed by atoms with Gasteiger partial charge in [-0.2, -0.15) is 5.10 Å². The van der Waals surface area contributed by atoms with Gasteiger partial charge in [0.25, 0.3) is 0 Å². The highest BCUT2D eigenvalue weighted by Crippen LogP contribution is 2.24. The fraction of sp³-hybridized carbons (Fsp3) is 0.375. The molecule has 1 aliphatic heterocycles. The number of hydrogen-bond acceptors (Lipinski definition) is 5. The maximum Gasteiger partial charge on any atom is 0.221 e. The van der Waals surface area contributed by atoms with E-state index in [4.69, 9.17) is 17.0 Å². The van der Waals surface area contributed by atoms with E-state index in [1.807, 2.05) is 35.8 Å². The van der Waals surface area contributed by atoms with Gasteiger partial charge in [-0.3, -0.25) is 14.5 Å². The van der Waals surface area contributed by atoms with E-state index in [1.54, 1.807) is 12.1 Å². The maximum atomic E-state index is 13.1. The van der Waals surface area contributed by atoms with Gasteiger partial charge < -0.3 is 15.0 Å². The number of H-pyrrole nitrogens is 1. The molecule has 0 spiro atoms. The van der Waals surface area contributed by atoms with Crippen LogP contribution in [0.5, 0.6) is 5.75 Å². The van der Waals surface area contributed by atoms with Crippen molar-refractivity contribution in [3.8, 4) is 17.1 Å². The summed E-state index contributed by atoms with van der Waals surface area (Å²) in [4.78, 5) is 14.7. The molecule has 3 aromatic rings. The van der Waals surface area contributed by atoms with Gasteiger partial charge in [-0.05, 0) is 80.0 Å². The first-order chi connectivity index (χ1) is 16.0. The van der Waals surface area contributed by atoms with Crippen molar-refractivity contribution in [2.24, 2.45) is 5.92 Å². The lowest BCUT2D eigenvalue weighted by atomic mass is 10.1. The van der Waals surface area contributed by atoms with Gasteiger partial charge in [0.1, 0.15) is 11.6 Å². The Balaban J connectivity index is 1.28. The van der Waals surface area contributed by atoms with E-state index in [2.05, 4.69) is 20.4 Å². The number of anilines is 1. The number of rotatable bonds is 9. The average molecular weight is 470 g/mol. The molecule has 2 aromatic carbocycles. The summed E-state index contributed by atoms with van der Waals surface area (Å²) in [5, 5.41) is 10.2. The molecular formula is C24H28FN5O2S. The lowest BCUT2D eigenvalue weighted by Crippen LogP contribution is -2.31. The molecule has 2 N–H and O–H groups in total. The summed E-state index contributed by atoms with van der Waals surface area (Å²) in [7, 11) is 0. The van der Waals surface area contributed by atoms with Crippen molar-refractivity contribution in [3.63, 3.8) is 0 Å². The van der Waals surface area contributed by atoms with Gasteiger partial charge in [0, 0.05) is 43.9 Å². The summed E-state index contributed by atoms with van der Waals surface area (Å²) >= 11 is 5.37. The number of benzene rings is 2. The van der Waals surface area contributed by atoms with Crippen LogP contribution in [0.3, 0.4) is 0 Å². The van der Waals surface area contributed by atoms with Crippen LogP contribution in [0.1, 0.15) is 19.8 Å². The highest BCUT2D eigenvalue weighted by Gasteiger charge is 2.23. The van der Waals surface area contributed by atoms with E-state index in [0.717, 1.165) is 36.5 Å². The van der Waals surface area contributed by atoms with Crippen LogP contribution < -0.4 is 15.0 Å². The molecule has 2 heterocycles. The Hall–Kier alpha value is -3.20. The smallest absolute Gasteiger partial charge is 0.221 e. The molecule has 4 rings (SSSR count). The van der Waals surface area contributed by atoms with E-state index in [-0.39, 0.29) is 11.7 Å². The Morgan fingerprint density at radius 3 is 2.73 bits per heavy atom. The minimum absolute atomic E-state index is 0.0176. The minimum atomic E-state index is -0.231. The van der Waals surface area contributed by atoms with Gasteiger partial charge in [-0.15, -0.1) is 0 Å². The van der Waals surface area contributed by atoms with Gasteiger partial charge in [-0.1, -0.05) is 0 Å². The minimum Gasteiger partial charge on any atom is -0.494 e. The monoisotopic (exact) mass is 469 g/mol. The summed E-state index contributed by atoms with van der Waals surface area (Å²) in [5.74, 6) is 1.61. The number of amides is 1. The SMILES string of the molecule is CCOc1ccc(-c2n[nH]c(=S)n2CCC(=O)NCC2CCN(c3ccc(F)cc3)C2)cc1. The van der Waals surface area contributed by atoms with Gasteiger partial charge in [0.15, 0.2) is 10.6 Å². The predicted molar refractivity (Wildman–Crippen MR) is 128 cm³/mol. The second-order valence-corrected chi connectivity index (χ2v) is 8.48. The number of nitrogens with one attached hydrogen (secondary N) is 2. The molecule has 1 atom stereocenters. The Bertz CT molecular complexity index is 1130. The van der Waals surface area contributed by atoms with E-state index < -0.39 is 0 Å². The largest absolute Gasteiger partial charge is 0.494 e. The fourth-order valence-corrected chi connectivity index (χ4v) is 4.28. The van der Waals surface area contributed by atoms with Crippen molar-refractivity contribution >= 4 is 23.8 Å². The zero-order valence-electron chi connectivity index (χ0n) is 18.6. The zero-order valence-corrected chi connectivity index (χ0v) is 19.4. The fourth-order valence-electron chi connectivity index (χ4n) is 4.06.